The van der Waals surface area contributed by atoms with Crippen molar-refractivity contribution >= 4 is 38.6 Å². The van der Waals surface area contributed by atoms with Gasteiger partial charge in [-0.05, 0) is 25.1 Å². The van der Waals surface area contributed by atoms with Crippen molar-refractivity contribution in [3.8, 4) is 11.5 Å². The highest BCUT2D eigenvalue weighted by atomic mass is 32.2. The first-order valence-electron chi connectivity index (χ1n) is 10.3. The monoisotopic (exact) mass is 485 g/mol. The second kappa shape index (κ2) is 8.83. The molecule has 0 fully saturated rings. The first-order valence-corrected chi connectivity index (χ1v) is 11.7. The number of nitrogen functional groups attached to an aromatic ring is 2. The standard InChI is InChI=1S/C21H24FN9O2S/c1-4-31(34(32,33)29(2)3)17-18(23)26-20(27-19(17)24)16-14-9-7-11-25-21(14)30(28-16)12-13-8-5-6-10-15(13)22/h5-11H,4,12H2,1-3H3,(H4,23,24,26,27). The third-order valence-electron chi connectivity index (χ3n) is 5.21. The summed E-state index contributed by atoms with van der Waals surface area (Å²) in [5.74, 6) is -0.493. The lowest BCUT2D eigenvalue weighted by Gasteiger charge is -2.27. The van der Waals surface area contributed by atoms with E-state index in [0.717, 1.165) is 8.61 Å². The van der Waals surface area contributed by atoms with Gasteiger partial charge < -0.3 is 11.5 Å². The predicted octanol–water partition coefficient (Wildman–Crippen LogP) is 1.87. The maximum atomic E-state index is 14.2. The number of nitrogens with zero attached hydrogens (tertiary/aromatic N) is 7. The molecule has 0 spiro atoms. The SMILES string of the molecule is CCN(c1c(N)nc(-c2nn(Cc3ccccc3F)c3ncccc23)nc1N)S(=O)(=O)N(C)C. The van der Waals surface area contributed by atoms with E-state index < -0.39 is 10.2 Å². The first kappa shape index (κ1) is 23.3. The molecule has 0 bridgehead atoms. The minimum absolute atomic E-state index is 0.00632. The molecule has 178 valence electrons. The number of fused-ring (bicyclic) bond motifs is 1. The molecule has 0 saturated carbocycles. The van der Waals surface area contributed by atoms with Crippen LogP contribution in [-0.2, 0) is 16.8 Å². The van der Waals surface area contributed by atoms with Crippen LogP contribution in [0.2, 0.25) is 0 Å². The number of hydrogen-bond acceptors (Lipinski definition) is 8. The maximum absolute atomic E-state index is 14.2. The van der Waals surface area contributed by atoms with Gasteiger partial charge in [-0.15, -0.1) is 0 Å². The summed E-state index contributed by atoms with van der Waals surface area (Å²) >= 11 is 0. The molecule has 0 aliphatic carbocycles. The van der Waals surface area contributed by atoms with E-state index in [9.17, 15) is 12.8 Å². The molecule has 0 aliphatic rings. The normalized spacial score (nSPS) is 11.9. The fourth-order valence-electron chi connectivity index (χ4n) is 3.56. The van der Waals surface area contributed by atoms with E-state index in [4.69, 9.17) is 11.5 Å². The van der Waals surface area contributed by atoms with Crippen molar-refractivity contribution < 1.29 is 12.8 Å². The van der Waals surface area contributed by atoms with Gasteiger partial charge in [-0.1, -0.05) is 18.2 Å². The number of nitrogens with two attached hydrogens (primary N) is 2. The zero-order valence-electron chi connectivity index (χ0n) is 18.8. The molecule has 0 saturated heterocycles. The summed E-state index contributed by atoms with van der Waals surface area (Å²) in [4.78, 5) is 13.0. The third kappa shape index (κ3) is 3.99. The average molecular weight is 486 g/mol. The highest BCUT2D eigenvalue weighted by molar-refractivity contribution is 7.90. The molecular weight excluding hydrogens is 461 g/mol. The summed E-state index contributed by atoms with van der Waals surface area (Å²) in [6, 6.07) is 9.90. The molecule has 4 N–H and O–H groups in total. The minimum atomic E-state index is -3.87. The molecule has 4 rings (SSSR count). The zero-order chi connectivity index (χ0) is 24.6. The second-order valence-electron chi connectivity index (χ2n) is 7.59. The van der Waals surface area contributed by atoms with Gasteiger partial charge in [-0.2, -0.15) is 17.8 Å². The van der Waals surface area contributed by atoms with Gasteiger partial charge in [-0.3, -0.25) is 4.31 Å². The summed E-state index contributed by atoms with van der Waals surface area (Å²) in [6.07, 6.45) is 1.60. The van der Waals surface area contributed by atoms with Crippen LogP contribution in [0.25, 0.3) is 22.6 Å². The summed E-state index contributed by atoms with van der Waals surface area (Å²) in [5, 5.41) is 5.17. The lowest BCUT2D eigenvalue weighted by Crippen LogP contribution is -2.41. The number of benzene rings is 1. The van der Waals surface area contributed by atoms with Gasteiger partial charge in [0.15, 0.2) is 23.1 Å². The van der Waals surface area contributed by atoms with Gasteiger partial charge >= 0.3 is 10.2 Å². The molecule has 1 aromatic carbocycles. The van der Waals surface area contributed by atoms with E-state index >= 15 is 0 Å². The molecule has 4 aromatic rings. The summed E-state index contributed by atoms with van der Waals surface area (Å²) in [7, 11) is -1.06. The quantitative estimate of drug-likeness (QED) is 0.403. The Labute approximate surface area is 196 Å². The lowest BCUT2D eigenvalue weighted by atomic mass is 10.2. The van der Waals surface area contributed by atoms with Crippen LogP contribution >= 0.6 is 0 Å². The Morgan fingerprint density at radius 2 is 1.74 bits per heavy atom. The Kier molecular flexibility index (Phi) is 6.06. The first-order chi connectivity index (χ1) is 16.1. The number of hydrogen-bond donors (Lipinski definition) is 2. The fraction of sp³-hybridized carbons (Fsp3) is 0.238. The number of rotatable bonds is 7. The van der Waals surface area contributed by atoms with E-state index in [1.54, 1.807) is 48.1 Å². The topological polar surface area (TPSA) is 149 Å². The van der Waals surface area contributed by atoms with Crippen molar-refractivity contribution in [2.45, 2.75) is 13.5 Å². The zero-order valence-corrected chi connectivity index (χ0v) is 19.7. The molecule has 0 amide bonds. The molecule has 34 heavy (non-hydrogen) atoms. The number of aromatic nitrogens is 5. The summed E-state index contributed by atoms with van der Waals surface area (Å²) < 4.78 is 43.3. The van der Waals surface area contributed by atoms with E-state index in [0.29, 0.717) is 22.3 Å². The maximum Gasteiger partial charge on any atom is 0.303 e. The molecule has 13 heteroatoms. The largest absolute Gasteiger partial charge is 0.382 e. The molecule has 0 aliphatic heterocycles. The van der Waals surface area contributed by atoms with Gasteiger partial charge in [0, 0.05) is 32.4 Å². The van der Waals surface area contributed by atoms with Crippen molar-refractivity contribution in [3.63, 3.8) is 0 Å². The predicted molar refractivity (Wildman–Crippen MR) is 129 cm³/mol. The molecule has 0 atom stereocenters. The lowest BCUT2D eigenvalue weighted by molar-refractivity contribution is 0.516. The van der Waals surface area contributed by atoms with Crippen molar-refractivity contribution in [2.75, 3.05) is 36.4 Å². The van der Waals surface area contributed by atoms with Crippen LogP contribution in [0.15, 0.2) is 42.6 Å². The molecular formula is C21H24FN9O2S. The van der Waals surface area contributed by atoms with Crippen molar-refractivity contribution in [3.05, 3.63) is 54.0 Å². The van der Waals surface area contributed by atoms with E-state index in [1.807, 2.05) is 0 Å². The molecule has 3 aromatic heterocycles. The second-order valence-corrected chi connectivity index (χ2v) is 9.66. The Hall–Kier alpha value is -3.84. The third-order valence-corrected chi connectivity index (χ3v) is 7.13. The molecule has 0 radical (unpaired) electrons. The van der Waals surface area contributed by atoms with Gasteiger partial charge in [-0.25, -0.2) is 24.0 Å². The fourth-order valence-corrected chi connectivity index (χ4v) is 4.70. The number of anilines is 3. The van der Waals surface area contributed by atoms with Crippen LogP contribution in [0.3, 0.4) is 0 Å². The van der Waals surface area contributed by atoms with Crippen molar-refractivity contribution in [1.29, 1.82) is 0 Å². The highest BCUT2D eigenvalue weighted by Crippen LogP contribution is 2.34. The Morgan fingerprint density at radius 3 is 2.35 bits per heavy atom. The van der Waals surface area contributed by atoms with Crippen LogP contribution in [0.1, 0.15) is 12.5 Å². The van der Waals surface area contributed by atoms with Gasteiger partial charge in [0.2, 0.25) is 0 Å². The minimum Gasteiger partial charge on any atom is -0.382 e. The van der Waals surface area contributed by atoms with Crippen LogP contribution < -0.4 is 15.8 Å². The number of halogens is 1. The van der Waals surface area contributed by atoms with Gasteiger partial charge in [0.1, 0.15) is 17.2 Å². The average Bonchev–Trinajstić information content (AvgIpc) is 3.16. The smallest absolute Gasteiger partial charge is 0.303 e. The summed E-state index contributed by atoms with van der Waals surface area (Å²) in [5.41, 5.74) is 13.6. The van der Waals surface area contributed by atoms with E-state index in [2.05, 4.69) is 20.1 Å². The van der Waals surface area contributed by atoms with E-state index in [-0.39, 0.29) is 42.1 Å². The molecule has 3 heterocycles. The van der Waals surface area contributed by atoms with Gasteiger partial charge in [0.25, 0.3) is 0 Å². The van der Waals surface area contributed by atoms with Crippen molar-refractivity contribution in [1.82, 2.24) is 29.0 Å². The van der Waals surface area contributed by atoms with Crippen LogP contribution in [0.4, 0.5) is 21.7 Å². The van der Waals surface area contributed by atoms with Crippen LogP contribution in [0, 0.1) is 5.82 Å². The van der Waals surface area contributed by atoms with Gasteiger partial charge in [0.05, 0.1) is 11.9 Å². The molecule has 0 unspecified atom stereocenters. The Balaban J connectivity index is 1.84. The molecule has 11 nitrogen and oxygen atoms in total. The van der Waals surface area contributed by atoms with E-state index in [1.165, 1.54) is 20.2 Å². The van der Waals surface area contributed by atoms with Crippen molar-refractivity contribution in [2.24, 2.45) is 0 Å². The summed E-state index contributed by atoms with van der Waals surface area (Å²) in [6.45, 7) is 1.85. The van der Waals surface area contributed by atoms with Crippen LogP contribution in [-0.4, -0.2) is 58.1 Å². The number of pyridine rings is 1. The Morgan fingerprint density at radius 1 is 1.06 bits per heavy atom. The highest BCUT2D eigenvalue weighted by Gasteiger charge is 2.29. The van der Waals surface area contributed by atoms with Crippen LogP contribution in [0.5, 0.6) is 0 Å². The Bertz CT molecular complexity index is 1450.